The van der Waals surface area contributed by atoms with E-state index in [4.69, 9.17) is 4.74 Å². The summed E-state index contributed by atoms with van der Waals surface area (Å²) in [7, 11) is 2.05. The van der Waals surface area contributed by atoms with E-state index in [2.05, 4.69) is 66.3 Å². The standard InChI is InChI=1S/C24H24N2O3/c1-16-3-7-19(8-4-16)26(2)20-9-10-21-18(15-29-23(21)13-20)6-5-17-14-25-12-11-22(17)24(27)28/h3-4,7-14,18H,5-6,15H2,1-2H3,(H,27,28)/t18-/m0/s1. The summed E-state index contributed by atoms with van der Waals surface area (Å²) in [6, 6.07) is 16.3. The zero-order chi connectivity index (χ0) is 20.4. The number of hydrogen-bond acceptors (Lipinski definition) is 4. The topological polar surface area (TPSA) is 62.7 Å². The third-order valence-corrected chi connectivity index (χ3v) is 5.58. The summed E-state index contributed by atoms with van der Waals surface area (Å²) < 4.78 is 5.96. The lowest BCUT2D eigenvalue weighted by Crippen LogP contribution is -2.09. The lowest BCUT2D eigenvalue weighted by atomic mass is 9.93. The van der Waals surface area contributed by atoms with Crippen molar-refractivity contribution in [3.63, 3.8) is 0 Å². The SMILES string of the molecule is Cc1ccc(N(C)c2ccc3c(c2)OC[C@@H]3CCc2cnccc2C(=O)O)cc1. The fourth-order valence-electron chi connectivity index (χ4n) is 3.80. The summed E-state index contributed by atoms with van der Waals surface area (Å²) in [5, 5.41) is 9.35. The molecule has 0 saturated heterocycles. The first-order valence-corrected chi connectivity index (χ1v) is 9.76. The van der Waals surface area contributed by atoms with Crippen LogP contribution in [0.25, 0.3) is 0 Å². The van der Waals surface area contributed by atoms with Gasteiger partial charge in [0, 0.05) is 48.4 Å². The second-order valence-electron chi connectivity index (χ2n) is 7.50. The van der Waals surface area contributed by atoms with Crippen LogP contribution in [0.1, 0.15) is 39.4 Å². The van der Waals surface area contributed by atoms with Gasteiger partial charge in [0.25, 0.3) is 0 Å². The molecule has 0 fully saturated rings. The normalized spacial score (nSPS) is 14.9. The number of nitrogens with zero attached hydrogens (tertiary/aromatic N) is 2. The molecule has 0 saturated carbocycles. The van der Waals surface area contributed by atoms with Crippen LogP contribution >= 0.6 is 0 Å². The lowest BCUT2D eigenvalue weighted by molar-refractivity contribution is 0.0695. The molecule has 0 bridgehead atoms. The first kappa shape index (κ1) is 19.0. The second-order valence-corrected chi connectivity index (χ2v) is 7.50. The minimum atomic E-state index is -0.908. The van der Waals surface area contributed by atoms with Crippen LogP contribution in [0.15, 0.2) is 60.9 Å². The largest absolute Gasteiger partial charge is 0.493 e. The van der Waals surface area contributed by atoms with Gasteiger partial charge in [-0.2, -0.15) is 0 Å². The number of hydrogen-bond donors (Lipinski definition) is 1. The maximum Gasteiger partial charge on any atom is 0.336 e. The Labute approximate surface area is 170 Å². The summed E-state index contributed by atoms with van der Waals surface area (Å²) in [5.74, 6) is 0.260. The number of benzene rings is 2. The van der Waals surface area contributed by atoms with Crippen molar-refractivity contribution in [2.24, 2.45) is 0 Å². The number of ether oxygens (including phenoxy) is 1. The Bertz CT molecular complexity index is 1030. The fraction of sp³-hybridized carbons (Fsp3) is 0.250. The Morgan fingerprint density at radius 1 is 1.17 bits per heavy atom. The van der Waals surface area contributed by atoms with Crippen molar-refractivity contribution in [1.29, 1.82) is 0 Å². The van der Waals surface area contributed by atoms with Crippen molar-refractivity contribution in [2.75, 3.05) is 18.6 Å². The van der Waals surface area contributed by atoms with Gasteiger partial charge in [-0.15, -0.1) is 0 Å². The summed E-state index contributed by atoms with van der Waals surface area (Å²) in [6.45, 7) is 2.70. The van der Waals surface area contributed by atoms with Gasteiger partial charge in [0.1, 0.15) is 5.75 Å². The smallest absolute Gasteiger partial charge is 0.336 e. The van der Waals surface area contributed by atoms with Crippen molar-refractivity contribution in [3.05, 3.63) is 83.2 Å². The van der Waals surface area contributed by atoms with E-state index >= 15 is 0 Å². The summed E-state index contributed by atoms with van der Waals surface area (Å²) in [5.41, 5.74) is 5.73. The van der Waals surface area contributed by atoms with E-state index in [-0.39, 0.29) is 5.92 Å². The van der Waals surface area contributed by atoms with Crippen LogP contribution < -0.4 is 9.64 Å². The number of aryl methyl sites for hydroxylation is 2. The van der Waals surface area contributed by atoms with Crippen LogP contribution in [-0.2, 0) is 6.42 Å². The van der Waals surface area contributed by atoms with Gasteiger partial charge < -0.3 is 14.7 Å². The van der Waals surface area contributed by atoms with Gasteiger partial charge in [0.2, 0.25) is 0 Å². The predicted octanol–water partition coefficient (Wildman–Crippen LogP) is 4.96. The van der Waals surface area contributed by atoms with Crippen molar-refractivity contribution in [1.82, 2.24) is 4.98 Å². The Hall–Kier alpha value is -3.34. The molecule has 0 radical (unpaired) electrons. The molecule has 3 aromatic rings. The third kappa shape index (κ3) is 3.94. The number of carboxylic acids is 1. The van der Waals surface area contributed by atoms with Crippen LogP contribution in [-0.4, -0.2) is 29.7 Å². The number of rotatable bonds is 6. The molecule has 1 N–H and O–H groups in total. The highest BCUT2D eigenvalue weighted by atomic mass is 16.5. The zero-order valence-corrected chi connectivity index (χ0v) is 16.6. The average molecular weight is 388 g/mol. The average Bonchev–Trinajstić information content (AvgIpc) is 3.14. The monoisotopic (exact) mass is 388 g/mol. The molecule has 2 aromatic carbocycles. The molecule has 4 rings (SSSR count). The molecular formula is C24H24N2O3. The van der Waals surface area contributed by atoms with Gasteiger partial charge >= 0.3 is 5.97 Å². The van der Waals surface area contributed by atoms with Gasteiger partial charge in [-0.25, -0.2) is 4.79 Å². The number of aromatic nitrogens is 1. The molecule has 1 aliphatic heterocycles. The molecule has 29 heavy (non-hydrogen) atoms. The van der Waals surface area contributed by atoms with E-state index in [1.54, 1.807) is 12.3 Å². The van der Waals surface area contributed by atoms with Crippen molar-refractivity contribution < 1.29 is 14.6 Å². The molecule has 0 spiro atoms. The first-order chi connectivity index (χ1) is 14.0. The molecule has 5 heteroatoms. The lowest BCUT2D eigenvalue weighted by Gasteiger charge is -2.20. The first-order valence-electron chi connectivity index (χ1n) is 9.76. The number of anilines is 2. The minimum Gasteiger partial charge on any atom is -0.493 e. The van der Waals surface area contributed by atoms with Gasteiger partial charge in [-0.1, -0.05) is 23.8 Å². The molecule has 0 unspecified atom stereocenters. The summed E-state index contributed by atoms with van der Waals surface area (Å²) >= 11 is 0. The Kier molecular flexibility index (Phi) is 5.21. The molecule has 1 atom stereocenters. The van der Waals surface area contributed by atoms with Crippen LogP contribution in [0.2, 0.25) is 0 Å². The predicted molar refractivity (Wildman–Crippen MR) is 113 cm³/mol. The van der Waals surface area contributed by atoms with E-state index in [1.165, 1.54) is 17.3 Å². The van der Waals surface area contributed by atoms with Gasteiger partial charge in [0.05, 0.1) is 12.2 Å². The van der Waals surface area contributed by atoms with E-state index in [0.29, 0.717) is 18.6 Å². The third-order valence-electron chi connectivity index (χ3n) is 5.58. The van der Waals surface area contributed by atoms with Crippen LogP contribution in [0.3, 0.4) is 0 Å². The highest BCUT2D eigenvalue weighted by Gasteiger charge is 2.25. The fourth-order valence-corrected chi connectivity index (χ4v) is 3.80. The molecule has 0 amide bonds. The minimum absolute atomic E-state index is 0.255. The molecule has 1 aromatic heterocycles. The molecule has 148 valence electrons. The highest BCUT2D eigenvalue weighted by Crippen LogP contribution is 2.40. The molecule has 1 aliphatic rings. The summed E-state index contributed by atoms with van der Waals surface area (Å²) in [4.78, 5) is 17.6. The molecule has 2 heterocycles. The quantitative estimate of drug-likeness (QED) is 0.646. The maximum atomic E-state index is 11.4. The highest BCUT2D eigenvalue weighted by molar-refractivity contribution is 5.89. The van der Waals surface area contributed by atoms with E-state index < -0.39 is 5.97 Å². The Morgan fingerprint density at radius 3 is 2.69 bits per heavy atom. The van der Waals surface area contributed by atoms with Crippen molar-refractivity contribution in [2.45, 2.75) is 25.7 Å². The molecule has 5 nitrogen and oxygen atoms in total. The Balaban J connectivity index is 1.49. The second kappa shape index (κ2) is 7.95. The van der Waals surface area contributed by atoms with Crippen molar-refractivity contribution >= 4 is 17.3 Å². The van der Waals surface area contributed by atoms with Crippen molar-refractivity contribution in [3.8, 4) is 5.75 Å². The zero-order valence-electron chi connectivity index (χ0n) is 16.6. The van der Waals surface area contributed by atoms with Crippen LogP contribution in [0.4, 0.5) is 11.4 Å². The van der Waals surface area contributed by atoms with Gasteiger partial charge in [-0.3, -0.25) is 4.98 Å². The van der Waals surface area contributed by atoms with Crippen LogP contribution in [0, 0.1) is 6.92 Å². The molecule has 0 aliphatic carbocycles. The van der Waals surface area contributed by atoms with Crippen LogP contribution in [0.5, 0.6) is 5.75 Å². The number of carboxylic acid groups (broad SMARTS) is 1. The maximum absolute atomic E-state index is 11.4. The van der Waals surface area contributed by atoms with E-state index in [9.17, 15) is 9.90 Å². The Morgan fingerprint density at radius 2 is 1.93 bits per heavy atom. The summed E-state index contributed by atoms with van der Waals surface area (Å²) in [6.07, 6.45) is 4.66. The van der Waals surface area contributed by atoms with E-state index in [1.807, 2.05) is 0 Å². The van der Waals surface area contributed by atoms with Gasteiger partial charge in [-0.05, 0) is 49.6 Å². The van der Waals surface area contributed by atoms with Gasteiger partial charge in [0.15, 0.2) is 0 Å². The van der Waals surface area contributed by atoms with E-state index in [0.717, 1.165) is 29.1 Å². The number of fused-ring (bicyclic) bond motifs is 1. The number of aromatic carboxylic acids is 1. The number of pyridine rings is 1. The number of carbonyl (C=O) groups is 1. The molecular weight excluding hydrogens is 364 g/mol.